The fourth-order valence-corrected chi connectivity index (χ4v) is 5.23. The highest BCUT2D eigenvalue weighted by molar-refractivity contribution is 5.98. The van der Waals surface area contributed by atoms with Crippen LogP contribution in [0.2, 0.25) is 0 Å². The Morgan fingerprint density at radius 2 is 1.94 bits per heavy atom. The standard InChI is InChI=1S/C28H36N4O3/c1-19-15-32(20(2)18-33)28(34)25-12-24(23-10-8-21(13-29)9-11-23)14-30-27(25)35-26(19)17-31(3)16-22-6-4-5-7-22/h8-12,14,19-20,22,26,33H,4-7,15-18H2,1-3H3/t19-,20-,26+/m0/s1. The van der Waals surface area contributed by atoms with E-state index in [0.717, 1.165) is 30.1 Å². The van der Waals surface area contributed by atoms with Crippen LogP contribution in [0, 0.1) is 23.2 Å². The number of fused-ring (bicyclic) bond motifs is 1. The van der Waals surface area contributed by atoms with Crippen LogP contribution < -0.4 is 4.74 Å². The molecule has 1 aromatic carbocycles. The number of aliphatic hydroxyl groups excluding tert-OH is 1. The lowest BCUT2D eigenvalue weighted by Gasteiger charge is -2.38. The van der Waals surface area contributed by atoms with E-state index in [1.807, 2.05) is 25.1 Å². The van der Waals surface area contributed by atoms with Gasteiger partial charge in [0, 0.05) is 37.3 Å². The van der Waals surface area contributed by atoms with Crippen molar-refractivity contribution < 1.29 is 14.6 Å². The number of amides is 1. The number of hydrogen-bond acceptors (Lipinski definition) is 6. The van der Waals surface area contributed by atoms with Crippen LogP contribution in [0.15, 0.2) is 36.5 Å². The van der Waals surface area contributed by atoms with E-state index in [1.54, 1.807) is 23.2 Å². The van der Waals surface area contributed by atoms with Crippen LogP contribution in [0.25, 0.3) is 11.1 Å². The monoisotopic (exact) mass is 476 g/mol. The van der Waals surface area contributed by atoms with Crippen LogP contribution in [0.4, 0.5) is 0 Å². The Morgan fingerprint density at radius 1 is 1.23 bits per heavy atom. The van der Waals surface area contributed by atoms with E-state index in [4.69, 9.17) is 10.00 Å². The van der Waals surface area contributed by atoms with Crippen LogP contribution in [-0.4, -0.2) is 71.2 Å². The third-order valence-corrected chi connectivity index (χ3v) is 7.40. The predicted molar refractivity (Wildman–Crippen MR) is 135 cm³/mol. The van der Waals surface area contributed by atoms with E-state index in [-0.39, 0.29) is 30.6 Å². The van der Waals surface area contributed by atoms with Gasteiger partial charge in [-0.1, -0.05) is 31.9 Å². The fourth-order valence-electron chi connectivity index (χ4n) is 5.23. The van der Waals surface area contributed by atoms with Crippen molar-refractivity contribution in [1.82, 2.24) is 14.8 Å². The van der Waals surface area contributed by atoms with Gasteiger partial charge in [-0.05, 0) is 56.5 Å². The zero-order chi connectivity index (χ0) is 24.9. The Labute approximate surface area is 208 Å². The summed E-state index contributed by atoms with van der Waals surface area (Å²) in [6.45, 7) is 6.18. The van der Waals surface area contributed by atoms with Gasteiger partial charge < -0.3 is 19.6 Å². The molecule has 4 rings (SSSR count). The van der Waals surface area contributed by atoms with Gasteiger partial charge in [-0.15, -0.1) is 0 Å². The van der Waals surface area contributed by atoms with Gasteiger partial charge in [0.15, 0.2) is 0 Å². The summed E-state index contributed by atoms with van der Waals surface area (Å²) in [5, 5.41) is 19.0. The molecule has 2 aliphatic rings. The van der Waals surface area contributed by atoms with E-state index in [2.05, 4.69) is 29.9 Å². The average Bonchev–Trinajstić information content (AvgIpc) is 3.38. The lowest BCUT2D eigenvalue weighted by molar-refractivity contribution is 0.0320. The van der Waals surface area contributed by atoms with Gasteiger partial charge in [-0.2, -0.15) is 5.26 Å². The van der Waals surface area contributed by atoms with Gasteiger partial charge in [0.25, 0.3) is 5.91 Å². The lowest BCUT2D eigenvalue weighted by atomic mass is 9.98. The summed E-state index contributed by atoms with van der Waals surface area (Å²) in [7, 11) is 2.15. The SMILES string of the molecule is C[C@H]1CN([C@@H](C)CO)C(=O)c2cc(-c3ccc(C#N)cc3)cnc2O[C@@H]1CN(C)CC1CCCC1. The third kappa shape index (κ3) is 5.83. The minimum Gasteiger partial charge on any atom is -0.472 e. The second kappa shape index (κ2) is 11.2. The molecule has 35 heavy (non-hydrogen) atoms. The molecule has 186 valence electrons. The van der Waals surface area contributed by atoms with E-state index in [9.17, 15) is 9.90 Å². The number of rotatable bonds is 7. The van der Waals surface area contributed by atoms with Crippen LogP contribution >= 0.6 is 0 Å². The topological polar surface area (TPSA) is 89.7 Å². The van der Waals surface area contributed by atoms with Crippen LogP contribution in [0.3, 0.4) is 0 Å². The Morgan fingerprint density at radius 3 is 2.60 bits per heavy atom. The van der Waals surface area contributed by atoms with Crippen LogP contribution in [-0.2, 0) is 0 Å². The fraction of sp³-hybridized carbons (Fsp3) is 0.536. The van der Waals surface area contributed by atoms with Crippen molar-refractivity contribution in [2.24, 2.45) is 11.8 Å². The van der Waals surface area contributed by atoms with Gasteiger partial charge in [0.1, 0.15) is 11.7 Å². The van der Waals surface area contributed by atoms with Crippen molar-refractivity contribution in [2.45, 2.75) is 51.7 Å². The molecule has 3 atom stereocenters. The van der Waals surface area contributed by atoms with Crippen LogP contribution in [0.5, 0.6) is 5.88 Å². The first-order valence-electron chi connectivity index (χ1n) is 12.7. The lowest BCUT2D eigenvalue weighted by Crippen LogP contribution is -2.50. The smallest absolute Gasteiger partial charge is 0.259 e. The third-order valence-electron chi connectivity index (χ3n) is 7.40. The molecule has 1 saturated carbocycles. The van der Waals surface area contributed by atoms with Crippen molar-refractivity contribution in [3.8, 4) is 23.1 Å². The number of carbonyl (C=O) groups is 1. The maximum absolute atomic E-state index is 13.6. The number of pyridine rings is 1. The summed E-state index contributed by atoms with van der Waals surface area (Å²) >= 11 is 0. The quantitative estimate of drug-likeness (QED) is 0.651. The number of carbonyl (C=O) groups excluding carboxylic acids is 1. The van der Waals surface area contributed by atoms with E-state index in [1.165, 1.54) is 25.7 Å². The Bertz CT molecular complexity index is 1060. The molecule has 2 aromatic rings. The van der Waals surface area contributed by atoms with Gasteiger partial charge >= 0.3 is 0 Å². The summed E-state index contributed by atoms with van der Waals surface area (Å²) in [6, 6.07) is 10.8. The second-order valence-electron chi connectivity index (χ2n) is 10.3. The zero-order valence-corrected chi connectivity index (χ0v) is 21.0. The Kier molecular flexibility index (Phi) is 8.04. The molecule has 7 nitrogen and oxygen atoms in total. The van der Waals surface area contributed by atoms with Gasteiger partial charge in [-0.25, -0.2) is 4.98 Å². The van der Waals surface area contributed by atoms with Gasteiger partial charge in [0.2, 0.25) is 5.88 Å². The van der Waals surface area contributed by atoms with E-state index < -0.39 is 0 Å². The molecule has 1 fully saturated rings. The predicted octanol–water partition coefficient (Wildman–Crippen LogP) is 3.96. The van der Waals surface area contributed by atoms with Crippen molar-refractivity contribution in [1.29, 1.82) is 5.26 Å². The van der Waals surface area contributed by atoms with E-state index in [0.29, 0.717) is 23.6 Å². The molecule has 0 spiro atoms. The molecule has 1 aromatic heterocycles. The maximum Gasteiger partial charge on any atom is 0.259 e. The molecule has 0 unspecified atom stereocenters. The summed E-state index contributed by atoms with van der Waals surface area (Å²) < 4.78 is 6.44. The largest absolute Gasteiger partial charge is 0.472 e. The first-order chi connectivity index (χ1) is 16.9. The molecule has 1 aliphatic carbocycles. The molecule has 7 heteroatoms. The highest BCUT2D eigenvalue weighted by Crippen LogP contribution is 2.31. The molecular formula is C28H36N4O3. The molecule has 1 N–H and O–H groups in total. The van der Waals surface area contributed by atoms with Crippen molar-refractivity contribution in [3.63, 3.8) is 0 Å². The number of aliphatic hydroxyl groups is 1. The Balaban J connectivity index is 1.64. The molecule has 2 heterocycles. The number of nitrogens with zero attached hydrogens (tertiary/aromatic N) is 4. The summed E-state index contributed by atoms with van der Waals surface area (Å²) in [6.07, 6.45) is 6.83. The maximum atomic E-state index is 13.6. The molecule has 0 saturated heterocycles. The van der Waals surface area contributed by atoms with Crippen molar-refractivity contribution in [2.75, 3.05) is 33.3 Å². The minimum atomic E-state index is -0.314. The van der Waals surface area contributed by atoms with Crippen molar-refractivity contribution in [3.05, 3.63) is 47.7 Å². The normalized spacial score (nSPS) is 21.7. The number of ether oxygens (including phenoxy) is 1. The zero-order valence-electron chi connectivity index (χ0n) is 21.0. The van der Waals surface area contributed by atoms with E-state index >= 15 is 0 Å². The number of likely N-dealkylation sites (N-methyl/N-ethyl adjacent to an activating group) is 1. The summed E-state index contributed by atoms with van der Waals surface area (Å²) in [5.41, 5.74) is 2.64. The second-order valence-corrected chi connectivity index (χ2v) is 10.3. The minimum absolute atomic E-state index is 0.0760. The summed E-state index contributed by atoms with van der Waals surface area (Å²) in [4.78, 5) is 22.3. The van der Waals surface area contributed by atoms with Crippen LogP contribution in [0.1, 0.15) is 55.5 Å². The summed E-state index contributed by atoms with van der Waals surface area (Å²) in [5.74, 6) is 0.978. The van der Waals surface area contributed by atoms with Gasteiger partial charge in [0.05, 0.1) is 24.3 Å². The first kappa shape index (κ1) is 25.2. The molecular weight excluding hydrogens is 440 g/mol. The highest BCUT2D eigenvalue weighted by atomic mass is 16.5. The number of benzene rings is 1. The molecule has 1 aliphatic heterocycles. The number of aromatic nitrogens is 1. The Hall–Kier alpha value is -2.95. The highest BCUT2D eigenvalue weighted by Gasteiger charge is 2.34. The van der Waals surface area contributed by atoms with Gasteiger partial charge in [-0.3, -0.25) is 4.79 Å². The molecule has 0 bridgehead atoms. The van der Waals surface area contributed by atoms with Crippen molar-refractivity contribution >= 4 is 5.91 Å². The number of hydrogen-bond donors (Lipinski definition) is 1. The molecule has 0 radical (unpaired) electrons. The number of nitriles is 1. The average molecular weight is 477 g/mol. The first-order valence-corrected chi connectivity index (χ1v) is 12.7. The molecule has 1 amide bonds.